The van der Waals surface area contributed by atoms with Crippen molar-refractivity contribution in [2.24, 2.45) is 0 Å². The van der Waals surface area contributed by atoms with Crippen LogP contribution >= 0.6 is 0 Å². The summed E-state index contributed by atoms with van der Waals surface area (Å²) < 4.78 is 20.7. The minimum Gasteiger partial charge on any atom is -0.453 e. The molecule has 194 valence electrons. The summed E-state index contributed by atoms with van der Waals surface area (Å²) in [5.74, 6) is -0.566. The quantitative estimate of drug-likeness (QED) is 0.420. The van der Waals surface area contributed by atoms with Gasteiger partial charge >= 0.3 is 6.09 Å². The topological polar surface area (TPSA) is 145 Å². The highest BCUT2D eigenvalue weighted by Crippen LogP contribution is 2.27. The molecule has 12 heteroatoms. The maximum atomic E-state index is 14.2. The molecule has 3 aromatic heterocycles. The number of aliphatic hydroxyl groups is 1. The maximum Gasteiger partial charge on any atom is 0.409 e. The summed E-state index contributed by atoms with van der Waals surface area (Å²) in [5, 5.41) is 29.0. The maximum absolute atomic E-state index is 14.2. The van der Waals surface area contributed by atoms with Gasteiger partial charge in [0, 0.05) is 19.3 Å². The number of hydrogen-bond donors (Lipinski definition) is 3. The van der Waals surface area contributed by atoms with E-state index in [1.165, 1.54) is 33.4 Å². The van der Waals surface area contributed by atoms with Gasteiger partial charge < -0.3 is 25.4 Å². The summed E-state index contributed by atoms with van der Waals surface area (Å²) in [6.45, 7) is 3.21. The third-order valence-electron chi connectivity index (χ3n) is 6.33. The van der Waals surface area contributed by atoms with Crippen molar-refractivity contribution in [3.05, 3.63) is 47.8 Å². The van der Waals surface area contributed by atoms with E-state index in [2.05, 4.69) is 26.8 Å². The van der Waals surface area contributed by atoms with Crippen molar-refractivity contribution >= 4 is 23.2 Å². The van der Waals surface area contributed by atoms with Gasteiger partial charge in [0.1, 0.15) is 12.2 Å². The van der Waals surface area contributed by atoms with Crippen molar-refractivity contribution in [3.63, 3.8) is 0 Å². The van der Waals surface area contributed by atoms with Gasteiger partial charge in [-0.05, 0) is 44.5 Å². The zero-order chi connectivity index (χ0) is 26.7. The van der Waals surface area contributed by atoms with Crippen LogP contribution in [0.2, 0.25) is 0 Å². The van der Waals surface area contributed by atoms with Crippen molar-refractivity contribution in [3.8, 4) is 17.5 Å². The molecule has 37 heavy (non-hydrogen) atoms. The number of carbonyl (C=O) groups excluding carboxylic acids is 2. The van der Waals surface area contributed by atoms with Crippen molar-refractivity contribution in [2.45, 2.75) is 38.1 Å². The molecule has 0 saturated carbocycles. The number of nitrogens with one attached hydrogen (secondary N) is 2. The molecule has 1 fully saturated rings. The Bertz CT molecular complexity index is 1360. The molecule has 0 bridgehead atoms. The Balaban J connectivity index is 1.62. The van der Waals surface area contributed by atoms with E-state index < -0.39 is 23.8 Å². The third-order valence-corrected chi connectivity index (χ3v) is 6.33. The fourth-order valence-electron chi connectivity index (χ4n) is 3.94. The fourth-order valence-corrected chi connectivity index (χ4v) is 3.94. The first kappa shape index (κ1) is 25.8. The van der Waals surface area contributed by atoms with Crippen molar-refractivity contribution in [2.75, 3.05) is 32.1 Å². The lowest BCUT2D eigenvalue weighted by Gasteiger charge is -2.39. The number of hydrogen-bond acceptors (Lipinski definition) is 8. The molecule has 0 spiro atoms. The summed E-state index contributed by atoms with van der Waals surface area (Å²) >= 11 is 0. The Labute approximate surface area is 212 Å². The molecule has 1 saturated heterocycles. The number of likely N-dealkylation sites (tertiary alicyclic amines) is 1. The van der Waals surface area contributed by atoms with Crippen LogP contribution in [0.1, 0.15) is 36.2 Å². The number of halogens is 1. The Morgan fingerprint density at radius 2 is 2.14 bits per heavy atom. The number of amides is 2. The predicted molar refractivity (Wildman–Crippen MR) is 133 cm³/mol. The molecule has 1 aliphatic heterocycles. The number of alkyl halides is 1. The number of aromatic nitrogens is 3. The van der Waals surface area contributed by atoms with Gasteiger partial charge in [-0.1, -0.05) is 0 Å². The second-order valence-corrected chi connectivity index (χ2v) is 9.34. The molecule has 2 amide bonds. The van der Waals surface area contributed by atoms with Gasteiger partial charge in [-0.2, -0.15) is 10.4 Å². The highest BCUT2D eigenvalue weighted by Gasteiger charge is 2.33. The van der Waals surface area contributed by atoms with E-state index in [0.29, 0.717) is 41.2 Å². The lowest BCUT2D eigenvalue weighted by atomic mass is 10.0. The second kappa shape index (κ2) is 10.4. The third kappa shape index (κ3) is 5.46. The van der Waals surface area contributed by atoms with Crippen LogP contribution in [0.3, 0.4) is 0 Å². The minimum atomic E-state index is -1.67. The van der Waals surface area contributed by atoms with Gasteiger partial charge in [-0.25, -0.2) is 13.7 Å². The zero-order valence-electron chi connectivity index (χ0n) is 20.7. The Morgan fingerprint density at radius 3 is 2.78 bits per heavy atom. The van der Waals surface area contributed by atoms with E-state index in [1.807, 2.05) is 0 Å². The van der Waals surface area contributed by atoms with Crippen LogP contribution in [-0.4, -0.2) is 81.2 Å². The summed E-state index contributed by atoms with van der Waals surface area (Å²) in [4.78, 5) is 30.9. The van der Waals surface area contributed by atoms with E-state index in [9.17, 15) is 19.1 Å². The summed E-state index contributed by atoms with van der Waals surface area (Å²) in [5.41, 5.74) is 1.28. The second-order valence-electron chi connectivity index (χ2n) is 9.34. The summed E-state index contributed by atoms with van der Waals surface area (Å²) in [6, 6.07) is 8.92. The number of nitrogens with zero attached hydrogens (tertiary/aromatic N) is 5. The molecular formula is C25H28FN7O4. The molecule has 0 aliphatic carbocycles. The van der Waals surface area contributed by atoms with Gasteiger partial charge in [0.2, 0.25) is 0 Å². The number of methoxy groups -OCH3 is 1. The van der Waals surface area contributed by atoms with E-state index in [-0.39, 0.29) is 18.2 Å². The van der Waals surface area contributed by atoms with Gasteiger partial charge in [0.25, 0.3) is 5.91 Å². The van der Waals surface area contributed by atoms with Crippen LogP contribution in [-0.2, 0) is 4.74 Å². The van der Waals surface area contributed by atoms with Crippen molar-refractivity contribution < 1.29 is 23.8 Å². The van der Waals surface area contributed by atoms with Crippen molar-refractivity contribution in [1.29, 1.82) is 5.26 Å². The molecule has 11 nitrogen and oxygen atoms in total. The van der Waals surface area contributed by atoms with Gasteiger partial charge in [-0.3, -0.25) is 9.78 Å². The number of carbonyl (C=O) groups is 2. The Hall–Kier alpha value is -4.24. The molecule has 4 heterocycles. The number of fused-ring (bicyclic) bond motifs is 1. The first-order valence-corrected chi connectivity index (χ1v) is 11.7. The minimum absolute atomic E-state index is 0.120. The zero-order valence-corrected chi connectivity index (χ0v) is 20.7. The largest absolute Gasteiger partial charge is 0.453 e. The van der Waals surface area contributed by atoms with Crippen LogP contribution < -0.4 is 10.6 Å². The lowest BCUT2D eigenvalue weighted by molar-refractivity contribution is -0.00178. The molecule has 1 unspecified atom stereocenters. The number of ether oxygens (including phenoxy) is 1. The Kier molecular flexibility index (Phi) is 7.26. The number of pyridine rings is 1. The standard InChI is InChI=1S/C25H28FN7O4/c1-25(2,36)22(26)14-30-23(34)18-13-29-20(21-5-4-16-8-15(10-27)11-31-33(16)21)9-19(18)28-12-17-6-7-32(17)24(35)37-3/h4-5,8-9,11,13,17,22,36H,6-7,12,14H2,1-3H3,(H,28,29)(H,30,34)/t17-,22?/m1/s1. The lowest BCUT2D eigenvalue weighted by Crippen LogP contribution is -2.54. The van der Waals surface area contributed by atoms with E-state index in [4.69, 9.17) is 10.00 Å². The Morgan fingerprint density at radius 1 is 1.35 bits per heavy atom. The normalized spacial score (nSPS) is 16.0. The summed E-state index contributed by atoms with van der Waals surface area (Å²) in [7, 11) is 1.32. The first-order valence-electron chi connectivity index (χ1n) is 11.7. The van der Waals surface area contributed by atoms with Gasteiger partial charge in [0.15, 0.2) is 0 Å². The van der Waals surface area contributed by atoms with Crippen LogP contribution in [0.25, 0.3) is 16.9 Å². The van der Waals surface area contributed by atoms with Crippen molar-refractivity contribution in [1.82, 2.24) is 24.8 Å². The fraction of sp³-hybridized carbons (Fsp3) is 0.400. The first-order chi connectivity index (χ1) is 17.6. The van der Waals surface area contributed by atoms with E-state index >= 15 is 0 Å². The summed E-state index contributed by atoms with van der Waals surface area (Å²) in [6.07, 6.45) is 1.51. The van der Waals surface area contributed by atoms with Crippen LogP contribution in [0.15, 0.2) is 36.7 Å². The molecule has 3 aromatic rings. The highest BCUT2D eigenvalue weighted by atomic mass is 19.1. The van der Waals surface area contributed by atoms with Gasteiger partial charge in [-0.15, -0.1) is 0 Å². The molecule has 1 aliphatic rings. The molecule has 2 atom stereocenters. The average molecular weight is 510 g/mol. The molecule has 0 aromatic carbocycles. The van der Waals surface area contributed by atoms with Gasteiger partial charge in [0.05, 0.1) is 65.2 Å². The number of nitriles is 1. The molecule has 4 rings (SSSR count). The van der Waals surface area contributed by atoms with Crippen LogP contribution in [0.5, 0.6) is 0 Å². The number of anilines is 1. The monoisotopic (exact) mass is 509 g/mol. The van der Waals surface area contributed by atoms with E-state index in [0.717, 1.165) is 6.42 Å². The molecule has 3 N–H and O–H groups in total. The number of rotatable bonds is 8. The smallest absolute Gasteiger partial charge is 0.409 e. The van der Waals surface area contributed by atoms with Crippen LogP contribution in [0.4, 0.5) is 14.9 Å². The SMILES string of the molecule is COC(=O)N1CC[C@@H]1CNc1cc(-c2ccc3cc(C#N)cnn23)ncc1C(=O)NCC(F)C(C)(C)O. The predicted octanol–water partition coefficient (Wildman–Crippen LogP) is 2.36. The highest BCUT2D eigenvalue weighted by molar-refractivity contribution is 6.00. The molecule has 0 radical (unpaired) electrons. The average Bonchev–Trinajstić information content (AvgIpc) is 3.28. The van der Waals surface area contributed by atoms with Crippen LogP contribution in [0, 0.1) is 11.3 Å². The molecular weight excluding hydrogens is 481 g/mol. The van der Waals surface area contributed by atoms with E-state index in [1.54, 1.807) is 33.7 Å².